The molecule has 1 aliphatic heterocycles. The van der Waals surface area contributed by atoms with Gasteiger partial charge in [-0.2, -0.15) is 0 Å². The molecule has 0 aromatic heterocycles. The van der Waals surface area contributed by atoms with E-state index in [0.29, 0.717) is 12.0 Å². The molecule has 2 aromatic rings. The number of nitrogens with zero attached hydrogens (tertiary/aromatic N) is 1. The lowest BCUT2D eigenvalue weighted by atomic mass is 9.98. The normalized spacial score (nSPS) is 28.2. The zero-order chi connectivity index (χ0) is 15.1. The summed E-state index contributed by atoms with van der Waals surface area (Å²) in [5.41, 5.74) is 7.58. The predicted molar refractivity (Wildman–Crippen MR) is 90.0 cm³/mol. The van der Waals surface area contributed by atoms with Crippen LogP contribution in [0.25, 0.3) is 10.8 Å². The van der Waals surface area contributed by atoms with E-state index in [-0.39, 0.29) is 0 Å². The van der Waals surface area contributed by atoms with Gasteiger partial charge in [-0.1, -0.05) is 30.3 Å². The van der Waals surface area contributed by atoms with E-state index >= 15 is 0 Å². The molecule has 2 aliphatic rings. The highest BCUT2D eigenvalue weighted by Gasteiger charge is 2.40. The summed E-state index contributed by atoms with van der Waals surface area (Å²) < 4.78 is 5.63. The van der Waals surface area contributed by atoms with Crippen LogP contribution in [0.3, 0.4) is 0 Å². The maximum atomic E-state index is 6.27. The lowest BCUT2D eigenvalue weighted by Crippen LogP contribution is -2.30. The molecule has 2 aromatic carbocycles. The Hall–Kier alpha value is -1.58. The summed E-state index contributed by atoms with van der Waals surface area (Å²) in [4.78, 5) is 2.57. The monoisotopic (exact) mass is 296 g/mol. The highest BCUT2D eigenvalue weighted by molar-refractivity contribution is 5.87. The maximum absolute atomic E-state index is 6.27. The fraction of sp³-hybridized carbons (Fsp3) is 0.474. The van der Waals surface area contributed by atoms with Crippen LogP contribution in [0.15, 0.2) is 36.4 Å². The van der Waals surface area contributed by atoms with Gasteiger partial charge < -0.3 is 10.5 Å². The van der Waals surface area contributed by atoms with Gasteiger partial charge >= 0.3 is 0 Å². The Bertz CT molecular complexity index is 684. The minimum absolute atomic E-state index is 0.407. The summed E-state index contributed by atoms with van der Waals surface area (Å²) >= 11 is 0. The number of methoxy groups -OCH3 is 1. The first-order valence-electron chi connectivity index (χ1n) is 8.29. The zero-order valence-electron chi connectivity index (χ0n) is 13.2. The molecule has 1 saturated carbocycles. The summed E-state index contributed by atoms with van der Waals surface area (Å²) in [6, 6.07) is 13.2. The molecule has 1 heterocycles. The highest BCUT2D eigenvalue weighted by atomic mass is 16.5. The molecular weight excluding hydrogens is 272 g/mol. The van der Waals surface area contributed by atoms with E-state index in [1.54, 1.807) is 7.11 Å². The van der Waals surface area contributed by atoms with Crippen LogP contribution < -0.4 is 10.5 Å². The molecule has 3 atom stereocenters. The average Bonchev–Trinajstić information content (AvgIpc) is 3.10. The molecule has 3 heteroatoms. The molecule has 2 N–H and O–H groups in total. The van der Waals surface area contributed by atoms with E-state index in [9.17, 15) is 0 Å². The summed E-state index contributed by atoms with van der Waals surface area (Å²) in [6.45, 7) is 3.28. The Balaban J connectivity index is 1.64. The van der Waals surface area contributed by atoms with Crippen LogP contribution >= 0.6 is 0 Å². The van der Waals surface area contributed by atoms with E-state index in [1.807, 2.05) is 0 Å². The van der Waals surface area contributed by atoms with E-state index in [4.69, 9.17) is 10.5 Å². The van der Waals surface area contributed by atoms with E-state index in [1.165, 1.54) is 35.7 Å². The topological polar surface area (TPSA) is 38.5 Å². The van der Waals surface area contributed by atoms with E-state index < -0.39 is 0 Å². The first-order valence-corrected chi connectivity index (χ1v) is 8.29. The van der Waals surface area contributed by atoms with Gasteiger partial charge in [0.2, 0.25) is 0 Å². The molecule has 116 valence electrons. The zero-order valence-corrected chi connectivity index (χ0v) is 13.2. The Kier molecular flexibility index (Phi) is 3.55. The Morgan fingerprint density at radius 1 is 1.14 bits per heavy atom. The Morgan fingerprint density at radius 2 is 2.00 bits per heavy atom. The van der Waals surface area contributed by atoms with Crippen LogP contribution in [-0.2, 0) is 6.54 Å². The first-order chi connectivity index (χ1) is 10.8. The van der Waals surface area contributed by atoms with Crippen molar-refractivity contribution >= 4 is 10.8 Å². The second-order valence-corrected chi connectivity index (χ2v) is 6.83. The van der Waals surface area contributed by atoms with Gasteiger partial charge in [-0.3, -0.25) is 4.90 Å². The van der Waals surface area contributed by atoms with Crippen molar-refractivity contribution in [2.45, 2.75) is 25.4 Å². The summed E-state index contributed by atoms with van der Waals surface area (Å²) in [7, 11) is 1.77. The molecule has 3 unspecified atom stereocenters. The molecule has 0 amide bonds. The molecule has 4 rings (SSSR count). The van der Waals surface area contributed by atoms with Crippen LogP contribution in [0.4, 0.5) is 0 Å². The van der Waals surface area contributed by atoms with Crippen LogP contribution in [0.1, 0.15) is 18.4 Å². The number of rotatable bonds is 3. The van der Waals surface area contributed by atoms with Gasteiger partial charge in [0.15, 0.2) is 0 Å². The van der Waals surface area contributed by atoms with Crippen LogP contribution in [0, 0.1) is 11.8 Å². The van der Waals surface area contributed by atoms with Gasteiger partial charge in [0.25, 0.3) is 0 Å². The van der Waals surface area contributed by atoms with Crippen molar-refractivity contribution in [2.24, 2.45) is 17.6 Å². The number of hydrogen-bond acceptors (Lipinski definition) is 3. The van der Waals surface area contributed by atoms with E-state index in [0.717, 1.165) is 24.8 Å². The van der Waals surface area contributed by atoms with Gasteiger partial charge in [0.1, 0.15) is 5.75 Å². The fourth-order valence-electron chi connectivity index (χ4n) is 4.42. The highest BCUT2D eigenvalue weighted by Crippen LogP contribution is 2.39. The quantitative estimate of drug-likeness (QED) is 0.946. The lowest BCUT2D eigenvalue weighted by molar-refractivity contribution is 0.293. The number of likely N-dealkylation sites (tertiary alicyclic amines) is 1. The second-order valence-electron chi connectivity index (χ2n) is 6.83. The number of benzene rings is 2. The van der Waals surface area contributed by atoms with Gasteiger partial charge in [-0.15, -0.1) is 0 Å². The predicted octanol–water partition coefficient (Wildman–Crippen LogP) is 3.02. The molecule has 2 fully saturated rings. The molecule has 1 saturated heterocycles. The van der Waals surface area contributed by atoms with Gasteiger partial charge in [0, 0.05) is 31.2 Å². The minimum atomic E-state index is 0.407. The molecule has 0 bridgehead atoms. The molecular formula is C19H24N2O. The largest absolute Gasteiger partial charge is 0.496 e. The molecule has 1 aliphatic carbocycles. The summed E-state index contributed by atoms with van der Waals surface area (Å²) in [5.74, 6) is 2.50. The standard InChI is InChI=1S/C19H24N2O/c1-22-19-9-7-13-4-2-3-5-15(13)17(19)12-21-10-14-6-8-18(20)16(14)11-21/h2-5,7,9,14,16,18H,6,8,10-12,20H2,1H3. The third-order valence-corrected chi connectivity index (χ3v) is 5.59. The van der Waals surface area contributed by atoms with Crippen molar-refractivity contribution in [3.63, 3.8) is 0 Å². The fourth-order valence-corrected chi connectivity index (χ4v) is 4.42. The number of ether oxygens (including phenoxy) is 1. The van der Waals surface area contributed by atoms with Crippen molar-refractivity contribution in [1.82, 2.24) is 4.90 Å². The van der Waals surface area contributed by atoms with Crippen molar-refractivity contribution in [1.29, 1.82) is 0 Å². The average molecular weight is 296 g/mol. The summed E-state index contributed by atoms with van der Waals surface area (Å²) in [6.07, 6.45) is 2.51. The Labute approximate surface area is 132 Å². The van der Waals surface area contributed by atoms with Crippen molar-refractivity contribution < 1.29 is 4.74 Å². The molecule has 0 radical (unpaired) electrons. The van der Waals surface area contributed by atoms with Gasteiger partial charge in [-0.05, 0) is 41.5 Å². The Morgan fingerprint density at radius 3 is 2.82 bits per heavy atom. The van der Waals surface area contributed by atoms with Crippen LogP contribution in [0.5, 0.6) is 5.75 Å². The second kappa shape index (κ2) is 5.56. The third-order valence-electron chi connectivity index (χ3n) is 5.59. The molecule has 0 spiro atoms. The van der Waals surface area contributed by atoms with Crippen LogP contribution in [0.2, 0.25) is 0 Å². The minimum Gasteiger partial charge on any atom is -0.496 e. The first kappa shape index (κ1) is 14.0. The molecule has 22 heavy (non-hydrogen) atoms. The van der Waals surface area contributed by atoms with Gasteiger partial charge in [-0.25, -0.2) is 0 Å². The van der Waals surface area contributed by atoms with E-state index in [2.05, 4.69) is 41.3 Å². The van der Waals surface area contributed by atoms with Crippen molar-refractivity contribution in [3.8, 4) is 5.75 Å². The maximum Gasteiger partial charge on any atom is 0.123 e. The van der Waals surface area contributed by atoms with Crippen LogP contribution in [-0.4, -0.2) is 31.1 Å². The molecule has 3 nitrogen and oxygen atoms in total. The number of fused-ring (bicyclic) bond motifs is 2. The van der Waals surface area contributed by atoms with Crippen molar-refractivity contribution in [2.75, 3.05) is 20.2 Å². The summed E-state index contributed by atoms with van der Waals surface area (Å²) in [5, 5.41) is 2.60. The van der Waals surface area contributed by atoms with Gasteiger partial charge in [0.05, 0.1) is 7.11 Å². The number of hydrogen-bond donors (Lipinski definition) is 1. The van der Waals surface area contributed by atoms with Crippen molar-refractivity contribution in [3.05, 3.63) is 42.0 Å². The third kappa shape index (κ3) is 2.29. The number of nitrogens with two attached hydrogens (primary N) is 1. The SMILES string of the molecule is COc1ccc2ccccc2c1CN1CC2CCC(N)C2C1. The smallest absolute Gasteiger partial charge is 0.123 e. The lowest BCUT2D eigenvalue weighted by Gasteiger charge is -2.21.